The summed E-state index contributed by atoms with van der Waals surface area (Å²) in [5.74, 6) is -1.44. The number of amides is 2. The minimum absolute atomic E-state index is 0.115. The first-order valence-corrected chi connectivity index (χ1v) is 7.73. The van der Waals surface area contributed by atoms with Gasteiger partial charge in [0, 0.05) is 5.56 Å². The Labute approximate surface area is 139 Å². The number of fused-ring (bicyclic) bond motifs is 1. The fourth-order valence-electron chi connectivity index (χ4n) is 2.72. The zero-order chi connectivity index (χ0) is 17.1. The van der Waals surface area contributed by atoms with Crippen LogP contribution in [0.1, 0.15) is 34.5 Å². The first-order valence-electron chi connectivity index (χ1n) is 7.73. The number of imide groups is 1. The molecule has 0 radical (unpaired) electrons. The number of carbonyl (C=O) groups excluding carboxylic acids is 3. The van der Waals surface area contributed by atoms with Gasteiger partial charge in [-0.2, -0.15) is 0 Å². The summed E-state index contributed by atoms with van der Waals surface area (Å²) < 4.78 is 5.34. The third-order valence-corrected chi connectivity index (χ3v) is 4.00. The summed E-state index contributed by atoms with van der Waals surface area (Å²) >= 11 is 0. The van der Waals surface area contributed by atoms with Gasteiger partial charge in [-0.15, -0.1) is 0 Å². The van der Waals surface area contributed by atoms with Crippen LogP contribution < -0.4 is 0 Å². The number of nitrogens with zero attached hydrogens (tertiary/aromatic N) is 1. The maximum atomic E-state index is 12.4. The number of hydrogen-bond acceptors (Lipinski definition) is 4. The lowest BCUT2D eigenvalue weighted by Gasteiger charge is -2.26. The predicted molar refractivity (Wildman–Crippen MR) is 87.1 cm³/mol. The minimum atomic E-state index is -0.604. The first-order chi connectivity index (χ1) is 11.6. The van der Waals surface area contributed by atoms with Gasteiger partial charge in [-0.3, -0.25) is 19.3 Å². The number of hydrogen-bond donors (Lipinski definition) is 0. The molecule has 0 saturated heterocycles. The Morgan fingerprint density at radius 3 is 2.50 bits per heavy atom. The molecule has 2 aromatic rings. The molecule has 0 N–H and O–H groups in total. The van der Waals surface area contributed by atoms with Crippen LogP contribution in [-0.4, -0.2) is 29.2 Å². The molecule has 0 bridgehead atoms. The molecule has 5 heteroatoms. The molecule has 24 heavy (non-hydrogen) atoms. The van der Waals surface area contributed by atoms with E-state index in [4.69, 9.17) is 4.74 Å². The second kappa shape index (κ2) is 6.66. The number of carbonyl (C=O) groups is 3. The molecule has 1 heterocycles. The summed E-state index contributed by atoms with van der Waals surface area (Å²) in [4.78, 5) is 37.7. The molecule has 2 amide bonds. The summed E-state index contributed by atoms with van der Waals surface area (Å²) in [6, 6.07) is 16.2. The van der Waals surface area contributed by atoms with Crippen molar-refractivity contribution in [2.24, 2.45) is 0 Å². The van der Waals surface area contributed by atoms with E-state index in [0.717, 1.165) is 10.5 Å². The summed E-state index contributed by atoms with van der Waals surface area (Å²) in [6.07, 6.45) is -0.329. The van der Waals surface area contributed by atoms with Gasteiger partial charge in [0.05, 0.1) is 6.42 Å². The van der Waals surface area contributed by atoms with Gasteiger partial charge in [-0.25, -0.2) is 0 Å². The maximum absolute atomic E-state index is 12.4. The number of ether oxygens (including phenoxy) is 1. The normalized spacial score (nSPS) is 15.0. The van der Waals surface area contributed by atoms with Crippen molar-refractivity contribution >= 4 is 17.8 Å². The second-order valence-electron chi connectivity index (χ2n) is 5.66. The van der Waals surface area contributed by atoms with Gasteiger partial charge in [-0.05, 0) is 24.1 Å². The van der Waals surface area contributed by atoms with Crippen LogP contribution in [0.4, 0.5) is 0 Å². The van der Waals surface area contributed by atoms with Crippen LogP contribution in [0.2, 0.25) is 0 Å². The smallest absolute Gasteiger partial charge is 0.326 e. The molecule has 122 valence electrons. The molecule has 1 atom stereocenters. The standard InChI is InChI=1S/C19H17NO4/c1-13(14-7-3-2-4-8-14)24-18(22)12-20-17(21)11-15-9-5-6-10-16(15)19(20)23/h2-10,13H,11-12H2,1H3/t13-/m1/s1. The van der Waals surface area contributed by atoms with E-state index in [1.807, 2.05) is 30.3 Å². The molecule has 0 aromatic heterocycles. The zero-order valence-electron chi connectivity index (χ0n) is 13.3. The topological polar surface area (TPSA) is 63.7 Å². The van der Waals surface area contributed by atoms with E-state index < -0.39 is 18.0 Å². The Morgan fingerprint density at radius 2 is 1.75 bits per heavy atom. The van der Waals surface area contributed by atoms with Crippen LogP contribution in [0.5, 0.6) is 0 Å². The van der Waals surface area contributed by atoms with Crippen LogP contribution >= 0.6 is 0 Å². The van der Waals surface area contributed by atoms with E-state index in [1.54, 1.807) is 31.2 Å². The average molecular weight is 323 g/mol. The zero-order valence-corrected chi connectivity index (χ0v) is 13.3. The predicted octanol–water partition coefficient (Wildman–Crippen LogP) is 2.52. The third-order valence-electron chi connectivity index (χ3n) is 4.00. The first kappa shape index (κ1) is 15.9. The van der Waals surface area contributed by atoms with Crippen LogP contribution in [-0.2, 0) is 20.7 Å². The lowest BCUT2D eigenvalue weighted by molar-refractivity contribution is -0.152. The molecule has 0 aliphatic carbocycles. The third kappa shape index (κ3) is 3.20. The highest BCUT2D eigenvalue weighted by molar-refractivity contribution is 6.11. The molecule has 0 spiro atoms. The Hall–Kier alpha value is -2.95. The Morgan fingerprint density at radius 1 is 1.08 bits per heavy atom. The van der Waals surface area contributed by atoms with Gasteiger partial charge in [0.15, 0.2) is 0 Å². The van der Waals surface area contributed by atoms with Crippen molar-refractivity contribution in [3.63, 3.8) is 0 Å². The maximum Gasteiger partial charge on any atom is 0.326 e. The molecule has 0 saturated carbocycles. The van der Waals surface area contributed by atoms with Crippen molar-refractivity contribution in [3.8, 4) is 0 Å². The van der Waals surface area contributed by atoms with Gasteiger partial charge in [0.25, 0.3) is 5.91 Å². The van der Waals surface area contributed by atoms with Crippen LogP contribution in [0.15, 0.2) is 54.6 Å². The van der Waals surface area contributed by atoms with Crippen molar-refractivity contribution in [1.82, 2.24) is 4.90 Å². The van der Waals surface area contributed by atoms with Crippen molar-refractivity contribution in [1.29, 1.82) is 0 Å². The summed E-state index contributed by atoms with van der Waals surface area (Å²) in [5.41, 5.74) is 2.00. The number of esters is 1. The van der Waals surface area contributed by atoms with Crippen molar-refractivity contribution in [3.05, 3.63) is 71.3 Å². The van der Waals surface area contributed by atoms with Gasteiger partial charge >= 0.3 is 5.97 Å². The molecule has 3 rings (SSSR count). The Kier molecular flexibility index (Phi) is 4.42. The van der Waals surface area contributed by atoms with E-state index in [2.05, 4.69) is 0 Å². The average Bonchev–Trinajstić information content (AvgIpc) is 2.59. The summed E-state index contributed by atoms with van der Waals surface area (Å²) in [5, 5.41) is 0. The summed E-state index contributed by atoms with van der Waals surface area (Å²) in [6.45, 7) is 1.38. The number of rotatable bonds is 4. The highest BCUT2D eigenvalue weighted by Gasteiger charge is 2.32. The summed E-state index contributed by atoms with van der Waals surface area (Å²) in [7, 11) is 0. The van der Waals surface area contributed by atoms with E-state index >= 15 is 0 Å². The molecule has 5 nitrogen and oxygen atoms in total. The van der Waals surface area contributed by atoms with Gasteiger partial charge in [-0.1, -0.05) is 48.5 Å². The van der Waals surface area contributed by atoms with Gasteiger partial charge in [0.1, 0.15) is 12.6 Å². The van der Waals surface area contributed by atoms with E-state index in [-0.39, 0.29) is 18.9 Å². The molecular weight excluding hydrogens is 306 g/mol. The van der Waals surface area contributed by atoms with Crippen LogP contribution in [0.25, 0.3) is 0 Å². The van der Waals surface area contributed by atoms with E-state index in [9.17, 15) is 14.4 Å². The quantitative estimate of drug-likeness (QED) is 0.641. The highest BCUT2D eigenvalue weighted by atomic mass is 16.5. The fourth-order valence-corrected chi connectivity index (χ4v) is 2.72. The number of benzene rings is 2. The molecule has 2 aromatic carbocycles. The lowest BCUT2D eigenvalue weighted by Crippen LogP contribution is -2.45. The minimum Gasteiger partial charge on any atom is -0.456 e. The second-order valence-corrected chi connectivity index (χ2v) is 5.66. The molecule has 0 fully saturated rings. The van der Waals surface area contributed by atoms with Crippen molar-refractivity contribution in [2.45, 2.75) is 19.4 Å². The molecule has 1 aliphatic heterocycles. The van der Waals surface area contributed by atoms with E-state index in [1.165, 1.54) is 0 Å². The fraction of sp³-hybridized carbons (Fsp3) is 0.211. The molecular formula is C19H17NO4. The Bertz CT molecular complexity index is 785. The Balaban J connectivity index is 1.68. The van der Waals surface area contributed by atoms with Gasteiger partial charge < -0.3 is 4.74 Å². The largest absolute Gasteiger partial charge is 0.456 e. The molecule has 1 aliphatic rings. The van der Waals surface area contributed by atoms with Crippen LogP contribution in [0.3, 0.4) is 0 Å². The highest BCUT2D eigenvalue weighted by Crippen LogP contribution is 2.21. The SMILES string of the molecule is C[C@@H](OC(=O)CN1C(=O)Cc2ccccc2C1=O)c1ccccc1. The molecule has 0 unspecified atom stereocenters. The van der Waals surface area contributed by atoms with Gasteiger partial charge in [0.2, 0.25) is 5.91 Å². The lowest BCUT2D eigenvalue weighted by atomic mass is 9.98. The van der Waals surface area contributed by atoms with Crippen molar-refractivity contribution in [2.75, 3.05) is 6.54 Å². The monoisotopic (exact) mass is 323 g/mol. The van der Waals surface area contributed by atoms with E-state index in [0.29, 0.717) is 11.1 Å². The van der Waals surface area contributed by atoms with Crippen molar-refractivity contribution < 1.29 is 19.1 Å². The van der Waals surface area contributed by atoms with Crippen LogP contribution in [0, 0.1) is 0 Å².